The van der Waals surface area contributed by atoms with Crippen molar-refractivity contribution in [2.75, 3.05) is 19.7 Å². The van der Waals surface area contributed by atoms with Crippen LogP contribution in [-0.2, 0) is 16.1 Å². The lowest BCUT2D eigenvalue weighted by Crippen LogP contribution is -2.53. The zero-order chi connectivity index (χ0) is 34.5. The number of thioether (sulfide) groups is 1. The summed E-state index contributed by atoms with van der Waals surface area (Å²) in [4.78, 5) is 29.3. The van der Waals surface area contributed by atoms with Crippen molar-refractivity contribution in [3.05, 3.63) is 59.7 Å². The summed E-state index contributed by atoms with van der Waals surface area (Å²) in [5.74, 6) is 10.6. The van der Waals surface area contributed by atoms with Gasteiger partial charge in [-0.3, -0.25) is 14.3 Å². The number of nitrogens with zero attached hydrogens (tertiary/aromatic N) is 4. The molecule has 10 nitrogen and oxygen atoms in total. The number of pyridine rings is 1. The molecule has 2 heterocycles. The van der Waals surface area contributed by atoms with Gasteiger partial charge in [-0.2, -0.15) is 0 Å². The Bertz CT molecular complexity index is 1710. The van der Waals surface area contributed by atoms with Gasteiger partial charge in [0.15, 0.2) is 17.6 Å². The molecule has 0 saturated heterocycles. The first kappa shape index (κ1) is 34.4. The third-order valence-electron chi connectivity index (χ3n) is 11.5. The Morgan fingerprint density at radius 2 is 1.86 bits per heavy atom. The van der Waals surface area contributed by atoms with Crippen LogP contribution >= 0.6 is 11.8 Å². The topological polar surface area (TPSA) is 120 Å². The summed E-state index contributed by atoms with van der Waals surface area (Å²) in [7, 11) is 0. The number of hydrogen-bond donors (Lipinski definition) is 2. The van der Waals surface area contributed by atoms with Crippen molar-refractivity contribution in [2.24, 2.45) is 29.1 Å². The zero-order valence-corrected chi connectivity index (χ0v) is 30.0. The minimum absolute atomic E-state index is 0.0367. The molecular formula is C39H48N6O4S. The van der Waals surface area contributed by atoms with E-state index in [1.54, 1.807) is 18.0 Å². The van der Waals surface area contributed by atoms with Crippen LogP contribution in [0.3, 0.4) is 0 Å². The maximum absolute atomic E-state index is 12.8. The smallest absolute Gasteiger partial charge is 0.408 e. The molecule has 11 heteroatoms. The molecule has 3 unspecified atom stereocenters. The van der Waals surface area contributed by atoms with Crippen LogP contribution in [0.15, 0.2) is 47.9 Å². The van der Waals surface area contributed by atoms with Gasteiger partial charge in [-0.1, -0.05) is 43.4 Å². The molecule has 5 fully saturated rings. The number of alkyl carbamates (subject to hydrolysis) is 1. The van der Waals surface area contributed by atoms with E-state index in [0.29, 0.717) is 42.3 Å². The number of ether oxygens (including phenoxy) is 2. The highest BCUT2D eigenvalue weighted by atomic mass is 32.2. The Balaban J connectivity index is 0.837. The van der Waals surface area contributed by atoms with Crippen LogP contribution in [-0.4, -0.2) is 56.7 Å². The first-order valence-electron chi connectivity index (χ1n) is 18.3. The number of carbonyl (C=O) groups excluding carboxylic acids is 2. The van der Waals surface area contributed by atoms with E-state index in [0.717, 1.165) is 39.7 Å². The number of amides is 2. The van der Waals surface area contributed by atoms with Gasteiger partial charge in [-0.05, 0) is 117 Å². The lowest BCUT2D eigenvalue weighted by atomic mass is 9.44. The highest BCUT2D eigenvalue weighted by Crippen LogP contribution is 2.64. The summed E-state index contributed by atoms with van der Waals surface area (Å²) >= 11 is 1.79. The number of hydrogen-bond acceptors (Lipinski definition) is 8. The maximum atomic E-state index is 12.8. The molecule has 0 aliphatic heterocycles. The van der Waals surface area contributed by atoms with Gasteiger partial charge < -0.3 is 20.1 Å². The van der Waals surface area contributed by atoms with Crippen molar-refractivity contribution in [3.63, 3.8) is 0 Å². The molecule has 5 saturated carbocycles. The van der Waals surface area contributed by atoms with Crippen molar-refractivity contribution in [1.29, 1.82) is 0 Å². The lowest BCUT2D eigenvalue weighted by molar-refractivity contribution is -0.138. The van der Waals surface area contributed by atoms with Crippen molar-refractivity contribution in [3.8, 4) is 23.3 Å². The van der Waals surface area contributed by atoms with Crippen LogP contribution < -0.4 is 15.4 Å². The second-order valence-electron chi connectivity index (χ2n) is 14.8. The van der Waals surface area contributed by atoms with Crippen LogP contribution in [0.1, 0.15) is 88.1 Å². The van der Waals surface area contributed by atoms with Crippen molar-refractivity contribution >= 4 is 23.8 Å². The highest BCUT2D eigenvalue weighted by molar-refractivity contribution is 7.99. The predicted molar refractivity (Wildman–Crippen MR) is 192 cm³/mol. The summed E-state index contributed by atoms with van der Waals surface area (Å²) in [6.07, 6.45) is 15.1. The fraction of sp³-hybridized carbons (Fsp3) is 0.564. The molecule has 5 atom stereocenters. The monoisotopic (exact) mass is 696 g/mol. The summed E-state index contributed by atoms with van der Waals surface area (Å²) in [6.45, 7) is 5.26. The fourth-order valence-electron chi connectivity index (χ4n) is 9.19. The molecular weight excluding hydrogens is 649 g/mol. The van der Waals surface area contributed by atoms with Crippen molar-refractivity contribution in [2.45, 2.75) is 95.1 Å². The maximum Gasteiger partial charge on any atom is 0.408 e. The number of aromatic nitrogens is 4. The van der Waals surface area contributed by atoms with Gasteiger partial charge in [0.25, 0.3) is 0 Å². The Hall–Kier alpha value is -4.04. The second-order valence-corrected chi connectivity index (χ2v) is 16.1. The van der Waals surface area contributed by atoms with Crippen LogP contribution in [0.5, 0.6) is 5.75 Å². The average molecular weight is 697 g/mol. The predicted octanol–water partition coefficient (Wildman–Crippen LogP) is 6.63. The molecule has 8 rings (SSSR count). The van der Waals surface area contributed by atoms with E-state index < -0.39 is 6.09 Å². The van der Waals surface area contributed by atoms with E-state index in [4.69, 9.17) is 9.47 Å². The standard InChI is InChI=1S/C39H48N6O4S/c1-26-17-33(49-25-35-43-44-37(50-34-9-3-4-10-34)45(35)32-8-5-13-40-24-32)12-11-30(26)7-6-16-48-38(47)42-15-14-41-36(46)23-39-21-28-18-29(22-39)20-31(19-28)27(39)2/h5,8,11-13,17,24,27-29,31,34H,3-4,9-10,14-16,18-23,25H2,1-2H3,(H,41,46)(H,42,47)/t27-,28-,29?,31?,39?/m1/s1. The largest absolute Gasteiger partial charge is 0.486 e. The van der Waals surface area contributed by atoms with E-state index in [2.05, 4.69) is 44.6 Å². The number of carbonyl (C=O) groups is 2. The van der Waals surface area contributed by atoms with Gasteiger partial charge in [-0.25, -0.2) is 4.79 Å². The molecule has 2 amide bonds. The molecule has 0 radical (unpaired) electrons. The van der Waals surface area contributed by atoms with E-state index in [-0.39, 0.29) is 24.5 Å². The number of benzene rings is 1. The molecule has 2 N–H and O–H groups in total. The molecule has 5 aliphatic rings. The van der Waals surface area contributed by atoms with E-state index in [1.165, 1.54) is 57.8 Å². The van der Waals surface area contributed by atoms with Gasteiger partial charge in [0.1, 0.15) is 12.4 Å². The number of rotatable bonds is 12. The first-order valence-corrected chi connectivity index (χ1v) is 19.1. The third kappa shape index (κ3) is 7.96. The normalized spacial score (nSPS) is 25.2. The zero-order valence-electron chi connectivity index (χ0n) is 29.2. The van der Waals surface area contributed by atoms with Crippen molar-refractivity contribution < 1.29 is 19.1 Å². The molecule has 0 spiro atoms. The van der Waals surface area contributed by atoms with Crippen LogP contribution in [0, 0.1) is 47.9 Å². The molecule has 2 aromatic heterocycles. The summed E-state index contributed by atoms with van der Waals surface area (Å²) in [5.41, 5.74) is 2.87. The molecule has 50 heavy (non-hydrogen) atoms. The Kier molecular flexibility index (Phi) is 10.6. The molecule has 264 valence electrons. The summed E-state index contributed by atoms with van der Waals surface area (Å²) in [5, 5.41) is 16.1. The fourth-order valence-corrected chi connectivity index (χ4v) is 10.5. The van der Waals surface area contributed by atoms with Gasteiger partial charge >= 0.3 is 6.09 Å². The van der Waals surface area contributed by atoms with Crippen molar-refractivity contribution in [1.82, 2.24) is 30.4 Å². The SMILES string of the molecule is Cc1cc(OCc2nnc(SC3CCCC3)n2-c2cccnc2)ccc1C#CCOC(=O)NCCNC(=O)CC12CC3CC(C[C@@H](C3)C1)[C@H]2C. The average Bonchev–Trinajstić information content (AvgIpc) is 3.77. The number of aryl methyl sites for hydroxylation is 1. The Labute approximate surface area is 299 Å². The molecule has 5 aliphatic carbocycles. The molecule has 3 aromatic rings. The van der Waals surface area contributed by atoms with Crippen LogP contribution in [0.25, 0.3) is 5.69 Å². The second kappa shape index (κ2) is 15.5. The van der Waals surface area contributed by atoms with Crippen LogP contribution in [0.4, 0.5) is 4.79 Å². The Morgan fingerprint density at radius 1 is 1.06 bits per heavy atom. The minimum atomic E-state index is -0.548. The lowest BCUT2D eigenvalue weighted by Gasteiger charge is -2.60. The van der Waals surface area contributed by atoms with Gasteiger partial charge in [-0.15, -0.1) is 10.2 Å². The molecule has 1 aromatic carbocycles. The Morgan fingerprint density at radius 3 is 2.62 bits per heavy atom. The van der Waals surface area contributed by atoms with E-state index in [1.807, 2.05) is 48.0 Å². The summed E-state index contributed by atoms with van der Waals surface area (Å²) in [6, 6.07) is 9.64. The first-order chi connectivity index (χ1) is 24.3. The van der Waals surface area contributed by atoms with E-state index in [9.17, 15) is 9.59 Å². The van der Waals surface area contributed by atoms with E-state index >= 15 is 0 Å². The highest BCUT2D eigenvalue weighted by Gasteiger charge is 2.55. The van der Waals surface area contributed by atoms with Gasteiger partial charge in [0.2, 0.25) is 5.91 Å². The summed E-state index contributed by atoms with van der Waals surface area (Å²) < 4.78 is 13.4. The van der Waals surface area contributed by atoms with Gasteiger partial charge in [0.05, 0.1) is 11.9 Å². The molecule has 4 bridgehead atoms. The third-order valence-corrected chi connectivity index (χ3v) is 12.8. The number of nitrogens with one attached hydrogen (secondary N) is 2. The van der Waals surface area contributed by atoms with Gasteiger partial charge in [0, 0.05) is 36.5 Å². The quantitative estimate of drug-likeness (QED) is 0.160. The minimum Gasteiger partial charge on any atom is -0.486 e. The van der Waals surface area contributed by atoms with Crippen LogP contribution in [0.2, 0.25) is 0 Å².